The summed E-state index contributed by atoms with van der Waals surface area (Å²) in [6, 6.07) is 8.53. The Balaban J connectivity index is 1.91. The van der Waals surface area contributed by atoms with Crippen molar-refractivity contribution in [3.8, 4) is 0 Å². The van der Waals surface area contributed by atoms with Crippen LogP contribution in [0.2, 0.25) is 0 Å². The fourth-order valence-corrected chi connectivity index (χ4v) is 2.46. The minimum absolute atomic E-state index is 0.607. The summed E-state index contributed by atoms with van der Waals surface area (Å²) < 4.78 is 5.49. The first-order chi connectivity index (χ1) is 9.76. The van der Waals surface area contributed by atoms with Crippen molar-refractivity contribution in [1.82, 2.24) is 9.97 Å². The molecule has 0 radical (unpaired) electrons. The molecule has 2 aromatic rings. The molecule has 0 saturated heterocycles. The third-order valence-corrected chi connectivity index (χ3v) is 3.59. The molecule has 4 nitrogen and oxygen atoms in total. The molecule has 0 saturated carbocycles. The van der Waals surface area contributed by atoms with Crippen LogP contribution in [0.4, 0.5) is 5.82 Å². The maximum absolute atomic E-state index is 5.49. The standard InChI is InChI=1S/C16H19N3O/c1-11-3-5-12(6-4-11)9-15-18-14-7-8-20-10-13(14)16(17-2)19-15/h3-6H,7-10H2,1-2H3,(H,17,18,19). The van der Waals surface area contributed by atoms with E-state index in [4.69, 9.17) is 9.72 Å². The monoisotopic (exact) mass is 269 g/mol. The Morgan fingerprint density at radius 3 is 2.75 bits per heavy atom. The number of rotatable bonds is 3. The van der Waals surface area contributed by atoms with Crippen LogP contribution in [0.25, 0.3) is 0 Å². The van der Waals surface area contributed by atoms with E-state index in [0.717, 1.165) is 42.3 Å². The largest absolute Gasteiger partial charge is 0.376 e. The van der Waals surface area contributed by atoms with E-state index in [2.05, 4.69) is 41.5 Å². The Morgan fingerprint density at radius 2 is 2.00 bits per heavy atom. The molecule has 104 valence electrons. The van der Waals surface area contributed by atoms with Crippen molar-refractivity contribution in [1.29, 1.82) is 0 Å². The van der Waals surface area contributed by atoms with Gasteiger partial charge < -0.3 is 10.1 Å². The molecule has 1 aliphatic heterocycles. The Bertz CT molecular complexity index is 591. The molecule has 0 bridgehead atoms. The van der Waals surface area contributed by atoms with Crippen LogP contribution in [0.1, 0.15) is 28.2 Å². The van der Waals surface area contributed by atoms with Gasteiger partial charge in [0.25, 0.3) is 0 Å². The highest BCUT2D eigenvalue weighted by atomic mass is 16.5. The number of aromatic nitrogens is 2. The van der Waals surface area contributed by atoms with E-state index in [-0.39, 0.29) is 0 Å². The Hall–Kier alpha value is -1.94. The van der Waals surface area contributed by atoms with E-state index in [0.29, 0.717) is 6.61 Å². The molecule has 1 aliphatic rings. The number of nitrogens with one attached hydrogen (secondary N) is 1. The van der Waals surface area contributed by atoms with Gasteiger partial charge in [0, 0.05) is 25.5 Å². The van der Waals surface area contributed by atoms with Gasteiger partial charge in [-0.3, -0.25) is 0 Å². The van der Waals surface area contributed by atoms with Crippen LogP contribution in [-0.2, 0) is 24.2 Å². The lowest BCUT2D eigenvalue weighted by molar-refractivity contribution is 0.109. The van der Waals surface area contributed by atoms with Gasteiger partial charge in [-0.2, -0.15) is 0 Å². The normalized spacial score (nSPS) is 13.9. The summed E-state index contributed by atoms with van der Waals surface area (Å²) in [7, 11) is 1.90. The SMILES string of the molecule is CNc1nc(Cc2ccc(C)cc2)nc2c1COCC2. The van der Waals surface area contributed by atoms with E-state index in [1.807, 2.05) is 7.05 Å². The quantitative estimate of drug-likeness (QED) is 0.930. The number of anilines is 1. The lowest BCUT2D eigenvalue weighted by Gasteiger charge is -2.19. The highest BCUT2D eigenvalue weighted by Crippen LogP contribution is 2.22. The van der Waals surface area contributed by atoms with Gasteiger partial charge in [-0.1, -0.05) is 29.8 Å². The molecule has 2 heterocycles. The predicted octanol–water partition coefficient (Wildman–Crippen LogP) is 2.49. The van der Waals surface area contributed by atoms with Gasteiger partial charge in [0.2, 0.25) is 0 Å². The third-order valence-electron chi connectivity index (χ3n) is 3.59. The van der Waals surface area contributed by atoms with Crippen molar-refractivity contribution in [2.75, 3.05) is 19.0 Å². The van der Waals surface area contributed by atoms with E-state index in [9.17, 15) is 0 Å². The predicted molar refractivity (Wildman–Crippen MR) is 78.9 cm³/mol. The second-order valence-corrected chi connectivity index (χ2v) is 5.13. The van der Waals surface area contributed by atoms with Crippen LogP contribution in [0, 0.1) is 6.92 Å². The fourth-order valence-electron chi connectivity index (χ4n) is 2.46. The van der Waals surface area contributed by atoms with Crippen molar-refractivity contribution in [2.24, 2.45) is 0 Å². The van der Waals surface area contributed by atoms with Crippen LogP contribution < -0.4 is 5.32 Å². The summed E-state index contributed by atoms with van der Waals surface area (Å²) in [6.07, 6.45) is 1.64. The number of ether oxygens (including phenoxy) is 1. The third kappa shape index (κ3) is 2.65. The number of hydrogen-bond acceptors (Lipinski definition) is 4. The molecule has 0 spiro atoms. The van der Waals surface area contributed by atoms with Crippen LogP contribution in [0.5, 0.6) is 0 Å². The number of fused-ring (bicyclic) bond motifs is 1. The second kappa shape index (κ2) is 5.59. The van der Waals surface area contributed by atoms with E-state index in [1.54, 1.807) is 0 Å². The lowest BCUT2D eigenvalue weighted by Crippen LogP contribution is -2.17. The summed E-state index contributed by atoms with van der Waals surface area (Å²) in [6.45, 7) is 3.45. The van der Waals surface area contributed by atoms with E-state index in [1.165, 1.54) is 11.1 Å². The zero-order valence-corrected chi connectivity index (χ0v) is 11.9. The van der Waals surface area contributed by atoms with Gasteiger partial charge in [-0.05, 0) is 12.5 Å². The molecule has 0 unspecified atom stereocenters. The second-order valence-electron chi connectivity index (χ2n) is 5.13. The van der Waals surface area contributed by atoms with Crippen molar-refractivity contribution >= 4 is 5.82 Å². The molecular formula is C16H19N3O. The first-order valence-corrected chi connectivity index (χ1v) is 6.96. The zero-order chi connectivity index (χ0) is 13.9. The van der Waals surface area contributed by atoms with E-state index >= 15 is 0 Å². The summed E-state index contributed by atoms with van der Waals surface area (Å²) in [4.78, 5) is 9.33. The van der Waals surface area contributed by atoms with Crippen molar-refractivity contribution < 1.29 is 4.74 Å². The molecule has 0 atom stereocenters. The summed E-state index contributed by atoms with van der Waals surface area (Å²) in [5.74, 6) is 1.77. The van der Waals surface area contributed by atoms with Gasteiger partial charge in [0.05, 0.1) is 18.9 Å². The van der Waals surface area contributed by atoms with Gasteiger partial charge in [-0.25, -0.2) is 9.97 Å². The maximum Gasteiger partial charge on any atom is 0.135 e. The Kier molecular flexibility index (Phi) is 3.65. The number of nitrogens with zero attached hydrogens (tertiary/aromatic N) is 2. The molecule has 0 amide bonds. The van der Waals surface area contributed by atoms with Gasteiger partial charge in [0.1, 0.15) is 11.6 Å². The molecule has 1 N–H and O–H groups in total. The van der Waals surface area contributed by atoms with Crippen molar-refractivity contribution in [3.63, 3.8) is 0 Å². The fraction of sp³-hybridized carbons (Fsp3) is 0.375. The highest BCUT2D eigenvalue weighted by Gasteiger charge is 2.17. The van der Waals surface area contributed by atoms with Gasteiger partial charge in [0.15, 0.2) is 0 Å². The summed E-state index contributed by atoms with van der Waals surface area (Å²) in [5, 5.41) is 3.16. The number of benzene rings is 1. The van der Waals surface area contributed by atoms with Crippen molar-refractivity contribution in [3.05, 3.63) is 52.5 Å². The molecular weight excluding hydrogens is 250 g/mol. The average Bonchev–Trinajstić information content (AvgIpc) is 2.49. The average molecular weight is 269 g/mol. The Labute approximate surface area is 119 Å². The highest BCUT2D eigenvalue weighted by molar-refractivity contribution is 5.47. The van der Waals surface area contributed by atoms with Gasteiger partial charge >= 0.3 is 0 Å². The first-order valence-electron chi connectivity index (χ1n) is 6.96. The molecule has 3 rings (SSSR count). The lowest BCUT2D eigenvalue weighted by atomic mass is 10.1. The minimum atomic E-state index is 0.607. The molecule has 1 aromatic carbocycles. The molecule has 0 aliphatic carbocycles. The molecule has 20 heavy (non-hydrogen) atoms. The molecule has 0 fully saturated rings. The topological polar surface area (TPSA) is 47.0 Å². The van der Waals surface area contributed by atoms with E-state index < -0.39 is 0 Å². The summed E-state index contributed by atoms with van der Waals surface area (Å²) >= 11 is 0. The smallest absolute Gasteiger partial charge is 0.135 e. The first kappa shape index (κ1) is 13.1. The van der Waals surface area contributed by atoms with Crippen LogP contribution in [0.15, 0.2) is 24.3 Å². The molecule has 4 heteroatoms. The van der Waals surface area contributed by atoms with Crippen LogP contribution in [0.3, 0.4) is 0 Å². The Morgan fingerprint density at radius 1 is 1.20 bits per heavy atom. The van der Waals surface area contributed by atoms with Crippen LogP contribution >= 0.6 is 0 Å². The van der Waals surface area contributed by atoms with Gasteiger partial charge in [-0.15, -0.1) is 0 Å². The molecule has 1 aromatic heterocycles. The number of aryl methyl sites for hydroxylation is 1. The van der Waals surface area contributed by atoms with Crippen molar-refractivity contribution in [2.45, 2.75) is 26.4 Å². The zero-order valence-electron chi connectivity index (χ0n) is 11.9. The summed E-state index contributed by atoms with van der Waals surface area (Å²) in [5.41, 5.74) is 4.74. The van der Waals surface area contributed by atoms with Crippen LogP contribution in [-0.4, -0.2) is 23.6 Å². The number of hydrogen-bond donors (Lipinski definition) is 1. The minimum Gasteiger partial charge on any atom is -0.376 e. The maximum atomic E-state index is 5.49.